The maximum atomic E-state index is 12.9. The Hall–Kier alpha value is -1.57. The lowest BCUT2D eigenvalue weighted by Crippen LogP contribution is -2.23. The van der Waals surface area contributed by atoms with Crippen molar-refractivity contribution in [3.63, 3.8) is 0 Å². The highest BCUT2D eigenvalue weighted by atomic mass is 79.9. The van der Waals surface area contributed by atoms with Gasteiger partial charge in [-0.3, -0.25) is 0 Å². The minimum absolute atomic E-state index is 0.123. The molecule has 96 valence electrons. The van der Waals surface area contributed by atoms with Gasteiger partial charge in [-0.1, -0.05) is 28.1 Å². The standard InChI is InChI=1S/C10H9BrF2N4O/c1-16-10(18)17(15-14-16)8-4-2-3-6(9(12)13)7(8)5-11/h2-4,9H,5H2,1H3. The molecule has 2 rings (SSSR count). The van der Waals surface area contributed by atoms with Crippen LogP contribution >= 0.6 is 15.9 Å². The van der Waals surface area contributed by atoms with Crippen LogP contribution < -0.4 is 5.69 Å². The third kappa shape index (κ3) is 2.07. The fourth-order valence-electron chi connectivity index (χ4n) is 1.61. The van der Waals surface area contributed by atoms with E-state index in [1.807, 2.05) is 0 Å². The van der Waals surface area contributed by atoms with E-state index >= 15 is 0 Å². The largest absolute Gasteiger partial charge is 0.368 e. The summed E-state index contributed by atoms with van der Waals surface area (Å²) in [4.78, 5) is 11.7. The number of hydrogen-bond acceptors (Lipinski definition) is 3. The van der Waals surface area contributed by atoms with E-state index < -0.39 is 12.1 Å². The first kappa shape index (κ1) is 12.9. The molecule has 0 unspecified atom stereocenters. The number of aryl methyl sites for hydroxylation is 1. The molecule has 5 nitrogen and oxygen atoms in total. The molecule has 0 radical (unpaired) electrons. The van der Waals surface area contributed by atoms with E-state index in [9.17, 15) is 13.6 Å². The number of nitrogens with zero attached hydrogens (tertiary/aromatic N) is 4. The summed E-state index contributed by atoms with van der Waals surface area (Å²) >= 11 is 3.15. The number of tetrazole rings is 1. The van der Waals surface area contributed by atoms with Gasteiger partial charge in [0.1, 0.15) is 0 Å². The minimum atomic E-state index is -2.61. The quantitative estimate of drug-likeness (QED) is 0.811. The van der Waals surface area contributed by atoms with Gasteiger partial charge in [0.05, 0.1) is 5.69 Å². The van der Waals surface area contributed by atoms with Crippen LogP contribution in [0.1, 0.15) is 17.6 Å². The Morgan fingerprint density at radius 1 is 1.39 bits per heavy atom. The number of benzene rings is 1. The Morgan fingerprint density at radius 3 is 2.61 bits per heavy atom. The van der Waals surface area contributed by atoms with Gasteiger partial charge < -0.3 is 0 Å². The maximum Gasteiger partial charge on any atom is 0.368 e. The highest BCUT2D eigenvalue weighted by molar-refractivity contribution is 9.08. The van der Waals surface area contributed by atoms with Crippen molar-refractivity contribution < 1.29 is 8.78 Å². The topological polar surface area (TPSA) is 52.7 Å². The average Bonchev–Trinajstić information content (AvgIpc) is 2.69. The predicted octanol–water partition coefficient (Wildman–Crippen LogP) is 1.80. The molecule has 8 heteroatoms. The Kier molecular flexibility index (Phi) is 3.55. The average molecular weight is 319 g/mol. The van der Waals surface area contributed by atoms with Crippen LogP contribution in [0.4, 0.5) is 8.78 Å². The minimum Gasteiger partial charge on any atom is -0.244 e. The molecule has 2 aromatic rings. The van der Waals surface area contributed by atoms with Gasteiger partial charge in [-0.2, -0.15) is 9.36 Å². The molecule has 0 spiro atoms. The molecule has 0 saturated heterocycles. The van der Waals surface area contributed by atoms with Crippen LogP contribution in [-0.4, -0.2) is 19.8 Å². The molecule has 0 N–H and O–H groups in total. The third-order valence-corrected chi connectivity index (χ3v) is 3.07. The van der Waals surface area contributed by atoms with Crippen LogP contribution in [0.15, 0.2) is 23.0 Å². The lowest BCUT2D eigenvalue weighted by molar-refractivity contribution is 0.150. The number of aromatic nitrogens is 4. The monoisotopic (exact) mass is 318 g/mol. The van der Waals surface area contributed by atoms with Gasteiger partial charge >= 0.3 is 5.69 Å². The van der Waals surface area contributed by atoms with Crippen molar-refractivity contribution in [3.8, 4) is 5.69 Å². The van der Waals surface area contributed by atoms with Gasteiger partial charge in [-0.25, -0.2) is 13.6 Å². The fourth-order valence-corrected chi connectivity index (χ4v) is 2.22. The van der Waals surface area contributed by atoms with Crippen LogP contribution in [0.25, 0.3) is 5.69 Å². The molecule has 0 bridgehead atoms. The van der Waals surface area contributed by atoms with Gasteiger partial charge in [0, 0.05) is 17.9 Å². The number of hydrogen-bond donors (Lipinski definition) is 0. The van der Waals surface area contributed by atoms with E-state index in [2.05, 4.69) is 26.4 Å². The zero-order chi connectivity index (χ0) is 13.3. The van der Waals surface area contributed by atoms with Crippen molar-refractivity contribution in [2.75, 3.05) is 0 Å². The first-order chi connectivity index (χ1) is 8.56. The third-order valence-electron chi connectivity index (χ3n) is 2.51. The first-order valence-corrected chi connectivity index (χ1v) is 6.13. The normalized spacial score (nSPS) is 11.2. The molecule has 1 aromatic carbocycles. The number of alkyl halides is 3. The molecule has 1 aromatic heterocycles. The zero-order valence-electron chi connectivity index (χ0n) is 9.35. The van der Waals surface area contributed by atoms with Crippen molar-refractivity contribution in [2.24, 2.45) is 7.05 Å². The molecular formula is C10H9BrF2N4O. The van der Waals surface area contributed by atoms with Crippen molar-refractivity contribution in [2.45, 2.75) is 11.8 Å². The summed E-state index contributed by atoms with van der Waals surface area (Å²) in [6.45, 7) is 0. The van der Waals surface area contributed by atoms with Gasteiger partial charge in [-0.05, 0) is 22.1 Å². The van der Waals surface area contributed by atoms with Gasteiger partial charge in [-0.15, -0.1) is 0 Å². The molecule has 0 saturated carbocycles. The lowest BCUT2D eigenvalue weighted by Gasteiger charge is -2.10. The van der Waals surface area contributed by atoms with E-state index in [1.54, 1.807) is 6.07 Å². The Labute approximate surface area is 109 Å². The molecule has 0 aliphatic heterocycles. The highest BCUT2D eigenvalue weighted by Gasteiger charge is 2.18. The summed E-state index contributed by atoms with van der Waals surface area (Å²) in [7, 11) is 1.44. The summed E-state index contributed by atoms with van der Waals surface area (Å²) in [5.41, 5.74) is 0.0309. The van der Waals surface area contributed by atoms with E-state index in [0.717, 1.165) is 9.36 Å². The first-order valence-electron chi connectivity index (χ1n) is 5.01. The second kappa shape index (κ2) is 4.97. The van der Waals surface area contributed by atoms with Crippen LogP contribution in [0.5, 0.6) is 0 Å². The number of rotatable bonds is 3. The van der Waals surface area contributed by atoms with Gasteiger partial charge in [0.25, 0.3) is 6.43 Å². The zero-order valence-corrected chi connectivity index (χ0v) is 10.9. The van der Waals surface area contributed by atoms with Crippen molar-refractivity contribution in [3.05, 3.63) is 39.8 Å². The van der Waals surface area contributed by atoms with Gasteiger partial charge in [0.2, 0.25) is 0 Å². The molecule has 0 aliphatic rings. The summed E-state index contributed by atoms with van der Waals surface area (Å²) < 4.78 is 27.8. The van der Waals surface area contributed by atoms with Crippen molar-refractivity contribution in [1.82, 2.24) is 19.8 Å². The summed E-state index contributed by atoms with van der Waals surface area (Å²) in [6, 6.07) is 4.34. The van der Waals surface area contributed by atoms with Crippen molar-refractivity contribution >= 4 is 15.9 Å². The smallest absolute Gasteiger partial charge is 0.244 e. The van der Waals surface area contributed by atoms with E-state index in [1.165, 1.54) is 19.2 Å². The van der Waals surface area contributed by atoms with Crippen LogP contribution in [0, 0.1) is 0 Å². The molecule has 1 heterocycles. The van der Waals surface area contributed by atoms with Gasteiger partial charge in [0.15, 0.2) is 0 Å². The Bertz CT molecular complexity index is 623. The van der Waals surface area contributed by atoms with E-state index in [0.29, 0.717) is 11.3 Å². The second-order valence-corrected chi connectivity index (χ2v) is 4.14. The summed E-state index contributed by atoms with van der Waals surface area (Å²) in [5, 5.41) is 7.40. The fraction of sp³-hybridized carbons (Fsp3) is 0.300. The van der Waals surface area contributed by atoms with Crippen LogP contribution in [0.3, 0.4) is 0 Å². The molecule has 0 atom stereocenters. The lowest BCUT2D eigenvalue weighted by atomic mass is 10.1. The molecule has 0 fully saturated rings. The molecule has 0 amide bonds. The van der Waals surface area contributed by atoms with Crippen LogP contribution in [0.2, 0.25) is 0 Å². The molecule has 0 aliphatic carbocycles. The highest BCUT2D eigenvalue weighted by Crippen LogP contribution is 2.28. The van der Waals surface area contributed by atoms with Crippen molar-refractivity contribution in [1.29, 1.82) is 0 Å². The molecular weight excluding hydrogens is 310 g/mol. The van der Waals surface area contributed by atoms with E-state index in [4.69, 9.17) is 0 Å². The SMILES string of the molecule is Cn1nnn(-c2cccc(C(F)F)c2CBr)c1=O. The second-order valence-electron chi connectivity index (χ2n) is 3.58. The summed E-state index contributed by atoms with van der Waals surface area (Å²) in [5.74, 6) is 0. The Morgan fingerprint density at radius 2 is 2.11 bits per heavy atom. The van der Waals surface area contributed by atoms with Crippen LogP contribution in [-0.2, 0) is 12.4 Å². The molecule has 18 heavy (non-hydrogen) atoms. The van der Waals surface area contributed by atoms with E-state index in [-0.39, 0.29) is 10.9 Å². The number of halogens is 3. The summed E-state index contributed by atoms with van der Waals surface area (Å²) in [6.07, 6.45) is -2.61. The Balaban J connectivity index is 2.68. The maximum absolute atomic E-state index is 12.9. The predicted molar refractivity (Wildman–Crippen MR) is 64.2 cm³/mol.